The molecule has 0 aromatic heterocycles. The summed E-state index contributed by atoms with van der Waals surface area (Å²) in [6, 6.07) is 17.1. The van der Waals surface area contributed by atoms with E-state index in [4.69, 9.17) is 0 Å². The normalized spacial score (nSPS) is 14.7. The molecule has 1 aliphatic rings. The molecule has 156 valence electrons. The van der Waals surface area contributed by atoms with Gasteiger partial charge in [0.1, 0.15) is 0 Å². The molecule has 5 nitrogen and oxygen atoms in total. The molecular formula is C24H35N4O+. The number of benzene rings is 2. The molecule has 0 spiro atoms. The second kappa shape index (κ2) is 10.3. The van der Waals surface area contributed by atoms with Gasteiger partial charge in [-0.3, -0.25) is 4.79 Å². The average molecular weight is 396 g/mol. The minimum Gasteiger partial charge on any atom is -0.370 e. The van der Waals surface area contributed by atoms with E-state index in [2.05, 4.69) is 84.4 Å². The maximum Gasteiger partial charge on any atom is 0.275 e. The topological polar surface area (TPSA) is 40.0 Å². The van der Waals surface area contributed by atoms with E-state index >= 15 is 0 Å². The van der Waals surface area contributed by atoms with Crippen LogP contribution in [0.4, 0.5) is 11.4 Å². The highest BCUT2D eigenvalue weighted by Crippen LogP contribution is 2.18. The molecule has 2 aromatic rings. The Bertz CT molecular complexity index is 799. The Morgan fingerprint density at radius 1 is 1.10 bits per heavy atom. The predicted molar refractivity (Wildman–Crippen MR) is 121 cm³/mol. The summed E-state index contributed by atoms with van der Waals surface area (Å²) >= 11 is 0. The first-order chi connectivity index (χ1) is 14.1. The third-order valence-corrected chi connectivity index (χ3v) is 5.79. The fraction of sp³-hybridized carbons (Fsp3) is 0.458. The van der Waals surface area contributed by atoms with Gasteiger partial charge in [-0.05, 0) is 50.1 Å². The summed E-state index contributed by atoms with van der Waals surface area (Å²) in [6.45, 7) is 13.5. The van der Waals surface area contributed by atoms with Crippen LogP contribution in [0.25, 0.3) is 0 Å². The number of rotatable bonds is 8. The first-order valence-electron chi connectivity index (χ1n) is 10.8. The van der Waals surface area contributed by atoms with E-state index in [1.165, 1.54) is 27.4 Å². The van der Waals surface area contributed by atoms with Crippen molar-refractivity contribution < 1.29 is 9.69 Å². The number of para-hydroxylation sites is 1. The van der Waals surface area contributed by atoms with Crippen molar-refractivity contribution in [2.75, 3.05) is 62.2 Å². The maximum atomic E-state index is 12.4. The van der Waals surface area contributed by atoms with Gasteiger partial charge in [-0.25, -0.2) is 0 Å². The van der Waals surface area contributed by atoms with E-state index in [0.717, 1.165) is 39.3 Å². The van der Waals surface area contributed by atoms with Crippen molar-refractivity contribution >= 4 is 17.3 Å². The molecule has 1 heterocycles. The van der Waals surface area contributed by atoms with Gasteiger partial charge in [0.2, 0.25) is 0 Å². The van der Waals surface area contributed by atoms with Crippen LogP contribution in [-0.4, -0.2) is 58.3 Å². The molecule has 0 aliphatic carbocycles. The number of amides is 1. The third-order valence-electron chi connectivity index (χ3n) is 5.79. The van der Waals surface area contributed by atoms with E-state index in [0.29, 0.717) is 13.1 Å². The van der Waals surface area contributed by atoms with Crippen LogP contribution in [0.2, 0.25) is 0 Å². The number of likely N-dealkylation sites (N-methyl/N-ethyl adjacent to an activating group) is 1. The Hall–Kier alpha value is -2.53. The molecule has 0 unspecified atom stereocenters. The zero-order valence-electron chi connectivity index (χ0n) is 18.1. The van der Waals surface area contributed by atoms with Gasteiger partial charge in [0, 0.05) is 31.0 Å². The summed E-state index contributed by atoms with van der Waals surface area (Å²) in [5.41, 5.74) is 5.13. The van der Waals surface area contributed by atoms with Gasteiger partial charge in [-0.2, -0.15) is 0 Å². The first-order valence-corrected chi connectivity index (χ1v) is 10.8. The van der Waals surface area contributed by atoms with E-state index in [1.54, 1.807) is 0 Å². The van der Waals surface area contributed by atoms with Crippen molar-refractivity contribution in [2.24, 2.45) is 0 Å². The Balaban J connectivity index is 1.39. The highest BCUT2D eigenvalue weighted by molar-refractivity contribution is 5.76. The number of aryl methyl sites for hydroxylation is 2. The summed E-state index contributed by atoms with van der Waals surface area (Å²) in [6.07, 6.45) is 0. The van der Waals surface area contributed by atoms with Crippen LogP contribution in [0.3, 0.4) is 0 Å². The molecule has 2 aromatic carbocycles. The lowest BCUT2D eigenvalue weighted by Gasteiger charge is -2.34. The fourth-order valence-corrected chi connectivity index (χ4v) is 4.07. The fourth-order valence-electron chi connectivity index (χ4n) is 4.07. The molecule has 0 atom stereocenters. The highest BCUT2D eigenvalue weighted by Gasteiger charge is 2.22. The van der Waals surface area contributed by atoms with Crippen LogP contribution in [-0.2, 0) is 4.79 Å². The van der Waals surface area contributed by atoms with E-state index in [9.17, 15) is 4.79 Å². The van der Waals surface area contributed by atoms with Crippen LogP contribution in [0.15, 0.2) is 48.5 Å². The number of hydrogen-bond acceptors (Lipinski definition) is 3. The second-order valence-corrected chi connectivity index (χ2v) is 7.97. The van der Waals surface area contributed by atoms with Gasteiger partial charge in [0.15, 0.2) is 6.54 Å². The minimum atomic E-state index is 0.157. The Morgan fingerprint density at radius 3 is 2.55 bits per heavy atom. The zero-order chi connectivity index (χ0) is 20.6. The number of hydrogen-bond donors (Lipinski definition) is 2. The molecule has 1 amide bonds. The molecule has 2 N–H and O–H groups in total. The van der Waals surface area contributed by atoms with Gasteiger partial charge in [-0.1, -0.05) is 30.3 Å². The Kier molecular flexibility index (Phi) is 7.53. The number of carbonyl (C=O) groups is 1. The lowest BCUT2D eigenvalue weighted by atomic mass is 10.1. The summed E-state index contributed by atoms with van der Waals surface area (Å²) < 4.78 is 0. The molecule has 0 radical (unpaired) electrons. The van der Waals surface area contributed by atoms with Gasteiger partial charge in [0.05, 0.1) is 26.2 Å². The van der Waals surface area contributed by atoms with Gasteiger partial charge in [-0.15, -0.1) is 0 Å². The van der Waals surface area contributed by atoms with Crippen molar-refractivity contribution in [3.63, 3.8) is 0 Å². The van der Waals surface area contributed by atoms with Crippen molar-refractivity contribution in [3.05, 3.63) is 59.7 Å². The van der Waals surface area contributed by atoms with E-state index in [1.807, 2.05) is 0 Å². The lowest BCUT2D eigenvalue weighted by Crippen LogP contribution is -3.16. The SMILES string of the molecule is CCN(CCNC(=O)C[NH+]1CCN(c2ccccc2C)CC1)c1cccc(C)c1. The number of carbonyl (C=O) groups excluding carboxylic acids is 1. The smallest absolute Gasteiger partial charge is 0.275 e. The molecular weight excluding hydrogens is 360 g/mol. The summed E-state index contributed by atoms with van der Waals surface area (Å²) in [4.78, 5) is 18.5. The molecule has 29 heavy (non-hydrogen) atoms. The Morgan fingerprint density at radius 2 is 1.86 bits per heavy atom. The zero-order valence-corrected chi connectivity index (χ0v) is 18.1. The maximum absolute atomic E-state index is 12.4. The molecule has 0 saturated carbocycles. The summed E-state index contributed by atoms with van der Waals surface area (Å²) in [5.74, 6) is 0.157. The standard InChI is InChI=1S/C24H34N4O/c1-4-27(22-10-7-8-20(2)18-22)13-12-25-24(29)19-26-14-16-28(17-15-26)23-11-6-5-9-21(23)3/h5-11,18H,4,12-17,19H2,1-3H3,(H,25,29)/p+1. The average Bonchev–Trinajstić information content (AvgIpc) is 2.72. The number of nitrogens with one attached hydrogen (secondary N) is 2. The van der Waals surface area contributed by atoms with Crippen molar-refractivity contribution in [3.8, 4) is 0 Å². The number of nitrogens with zero attached hydrogens (tertiary/aromatic N) is 2. The van der Waals surface area contributed by atoms with Crippen LogP contribution in [0.5, 0.6) is 0 Å². The first kappa shape index (κ1) is 21.2. The van der Waals surface area contributed by atoms with E-state index < -0.39 is 0 Å². The largest absolute Gasteiger partial charge is 0.370 e. The third kappa shape index (κ3) is 5.97. The van der Waals surface area contributed by atoms with Gasteiger partial charge in [0.25, 0.3) is 5.91 Å². The number of piperazine rings is 1. The van der Waals surface area contributed by atoms with E-state index in [-0.39, 0.29) is 5.91 Å². The molecule has 1 aliphatic heterocycles. The monoisotopic (exact) mass is 395 g/mol. The highest BCUT2D eigenvalue weighted by atomic mass is 16.2. The van der Waals surface area contributed by atoms with Crippen LogP contribution in [0.1, 0.15) is 18.1 Å². The van der Waals surface area contributed by atoms with Crippen LogP contribution >= 0.6 is 0 Å². The molecule has 3 rings (SSSR count). The second-order valence-electron chi connectivity index (χ2n) is 7.97. The van der Waals surface area contributed by atoms with Crippen LogP contribution in [0, 0.1) is 13.8 Å². The summed E-state index contributed by atoms with van der Waals surface area (Å²) in [7, 11) is 0. The Labute approximate surface area is 175 Å². The van der Waals surface area contributed by atoms with Crippen molar-refractivity contribution in [2.45, 2.75) is 20.8 Å². The number of quaternary nitrogens is 1. The molecule has 0 bridgehead atoms. The van der Waals surface area contributed by atoms with Gasteiger partial charge >= 0.3 is 0 Å². The number of anilines is 2. The molecule has 1 saturated heterocycles. The predicted octanol–water partition coefficient (Wildman–Crippen LogP) is 1.65. The van der Waals surface area contributed by atoms with Crippen molar-refractivity contribution in [1.29, 1.82) is 0 Å². The van der Waals surface area contributed by atoms with Gasteiger partial charge < -0.3 is 20.0 Å². The quantitative estimate of drug-likeness (QED) is 0.714. The van der Waals surface area contributed by atoms with Crippen LogP contribution < -0.4 is 20.0 Å². The van der Waals surface area contributed by atoms with Crippen molar-refractivity contribution in [1.82, 2.24) is 5.32 Å². The molecule has 5 heteroatoms. The summed E-state index contributed by atoms with van der Waals surface area (Å²) in [5, 5.41) is 3.12. The lowest BCUT2D eigenvalue weighted by molar-refractivity contribution is -0.892. The minimum absolute atomic E-state index is 0.157. The molecule has 1 fully saturated rings.